The molecule has 0 unspecified atom stereocenters. The van der Waals surface area contributed by atoms with Gasteiger partial charge in [0, 0.05) is 29.7 Å². The Hall–Kier alpha value is 0.720. The molecular formula is C4H15N4O3PS3. The summed E-state index contributed by atoms with van der Waals surface area (Å²) >= 11 is 0.803. The first-order valence-electron chi connectivity index (χ1n) is 4.04. The summed E-state index contributed by atoms with van der Waals surface area (Å²) in [4.78, 5) is 0. The second-order valence-electron chi connectivity index (χ2n) is 2.55. The molecule has 0 bridgehead atoms. The van der Waals surface area contributed by atoms with Crippen LogP contribution in [0.5, 0.6) is 0 Å². The summed E-state index contributed by atoms with van der Waals surface area (Å²) < 4.78 is 38.3. The van der Waals surface area contributed by atoms with Crippen LogP contribution < -0.4 is 19.5 Å². The summed E-state index contributed by atoms with van der Waals surface area (Å²) in [5.74, 6) is 0. The van der Waals surface area contributed by atoms with Gasteiger partial charge in [0.05, 0.1) is 0 Å². The standard InChI is InChI=1S/C4H15N4O3PS3/c1-2-3-4-7-15(10,11)8-12(9,13-5)14-6/h7H,2-6H2,1H3,(H,8,9). The molecule has 0 aromatic carbocycles. The van der Waals surface area contributed by atoms with Crippen molar-refractivity contribution in [3.63, 3.8) is 0 Å². The molecule has 0 heterocycles. The van der Waals surface area contributed by atoms with E-state index < -0.39 is 15.9 Å². The number of nitrogens with two attached hydrogens (primary N) is 2. The molecule has 0 spiro atoms. The van der Waals surface area contributed by atoms with Gasteiger partial charge in [-0.3, -0.25) is 14.8 Å². The van der Waals surface area contributed by atoms with Crippen molar-refractivity contribution in [2.75, 3.05) is 6.54 Å². The van der Waals surface area contributed by atoms with E-state index in [4.69, 9.17) is 10.3 Å². The molecule has 0 saturated heterocycles. The highest BCUT2D eigenvalue weighted by Gasteiger charge is 2.27. The molecule has 0 atom stereocenters. The van der Waals surface area contributed by atoms with E-state index in [-0.39, 0.29) is 6.54 Å². The first kappa shape index (κ1) is 15.7. The van der Waals surface area contributed by atoms with Crippen molar-refractivity contribution >= 4 is 39.0 Å². The van der Waals surface area contributed by atoms with Crippen molar-refractivity contribution in [1.29, 1.82) is 0 Å². The topological polar surface area (TPSA) is 127 Å². The third kappa shape index (κ3) is 6.80. The van der Waals surface area contributed by atoms with E-state index in [1.165, 1.54) is 0 Å². The van der Waals surface area contributed by atoms with Crippen LogP contribution in [-0.4, -0.2) is 15.0 Å². The van der Waals surface area contributed by atoms with Gasteiger partial charge in [0.1, 0.15) is 0 Å². The van der Waals surface area contributed by atoms with Crippen molar-refractivity contribution < 1.29 is 13.0 Å². The number of rotatable bonds is 8. The number of hydrogen-bond acceptors (Lipinski definition) is 7. The molecule has 15 heavy (non-hydrogen) atoms. The molecule has 0 aromatic heterocycles. The highest BCUT2D eigenvalue weighted by Crippen LogP contribution is 2.60. The average Bonchev–Trinajstić information content (AvgIpc) is 2.17. The summed E-state index contributed by atoms with van der Waals surface area (Å²) in [6, 6.07) is 0. The van der Waals surface area contributed by atoms with Crippen LogP contribution >= 0.6 is 28.8 Å². The van der Waals surface area contributed by atoms with Gasteiger partial charge in [-0.1, -0.05) is 13.3 Å². The van der Waals surface area contributed by atoms with Gasteiger partial charge >= 0.3 is 0 Å². The number of nitrogens with one attached hydrogen (secondary N) is 2. The Bertz CT molecular complexity index is 313. The van der Waals surface area contributed by atoms with E-state index in [0.29, 0.717) is 29.6 Å². The van der Waals surface area contributed by atoms with E-state index in [2.05, 4.69) is 4.72 Å². The Morgan fingerprint density at radius 1 is 1.33 bits per heavy atom. The lowest BCUT2D eigenvalue weighted by atomic mass is 10.3. The second-order valence-corrected chi connectivity index (χ2v) is 11.0. The van der Waals surface area contributed by atoms with E-state index >= 15 is 0 Å². The van der Waals surface area contributed by atoms with E-state index in [1.807, 2.05) is 11.4 Å². The van der Waals surface area contributed by atoms with E-state index in [9.17, 15) is 13.0 Å². The monoisotopic (exact) mass is 294 g/mol. The normalized spacial score (nSPS) is 13.0. The Kier molecular flexibility index (Phi) is 7.47. The summed E-state index contributed by atoms with van der Waals surface area (Å²) in [6.45, 7) is 2.22. The second kappa shape index (κ2) is 7.13. The number of unbranched alkanes of at least 4 members (excludes halogenated alkanes) is 1. The van der Waals surface area contributed by atoms with Gasteiger partial charge in [0.15, 0.2) is 0 Å². The van der Waals surface area contributed by atoms with Crippen molar-refractivity contribution in [2.45, 2.75) is 19.8 Å². The quantitative estimate of drug-likeness (QED) is 0.292. The third-order valence-corrected chi connectivity index (χ3v) is 8.88. The molecule has 0 saturated carbocycles. The predicted octanol–water partition coefficient (Wildman–Crippen LogP) is 0.532. The van der Waals surface area contributed by atoms with E-state index in [0.717, 1.165) is 6.42 Å². The van der Waals surface area contributed by atoms with Gasteiger partial charge in [0.25, 0.3) is 15.9 Å². The van der Waals surface area contributed by atoms with Crippen LogP contribution in [0.2, 0.25) is 0 Å². The molecular weight excluding hydrogens is 279 g/mol. The minimum absolute atomic E-state index is 0.288. The predicted molar refractivity (Wildman–Crippen MR) is 66.1 cm³/mol. The third-order valence-electron chi connectivity index (χ3n) is 1.33. The lowest BCUT2D eigenvalue weighted by molar-refractivity contribution is 0.569. The van der Waals surface area contributed by atoms with Crippen molar-refractivity contribution in [2.24, 2.45) is 10.3 Å². The fraction of sp³-hybridized carbons (Fsp3) is 1.00. The maximum atomic E-state index is 11.5. The number of hydrogen-bond donors (Lipinski definition) is 4. The Labute approximate surface area is 97.9 Å². The van der Waals surface area contributed by atoms with Crippen LogP contribution in [0.1, 0.15) is 19.8 Å². The Balaban J connectivity index is 4.31. The molecule has 7 nitrogen and oxygen atoms in total. The minimum Gasteiger partial charge on any atom is -0.279 e. The minimum atomic E-state index is -3.80. The average molecular weight is 294 g/mol. The maximum absolute atomic E-state index is 11.5. The zero-order chi connectivity index (χ0) is 11.9. The van der Waals surface area contributed by atoms with Crippen molar-refractivity contribution in [3.05, 3.63) is 0 Å². The van der Waals surface area contributed by atoms with Gasteiger partial charge in [-0.25, -0.2) is 4.72 Å². The van der Waals surface area contributed by atoms with Crippen molar-refractivity contribution in [3.8, 4) is 0 Å². The molecule has 0 aliphatic carbocycles. The zero-order valence-electron chi connectivity index (χ0n) is 8.17. The van der Waals surface area contributed by atoms with Gasteiger partial charge in [-0.15, -0.1) is 4.49 Å². The summed E-state index contributed by atoms with van der Waals surface area (Å²) in [7, 11) is -3.80. The van der Waals surface area contributed by atoms with Gasteiger partial charge < -0.3 is 0 Å². The van der Waals surface area contributed by atoms with Gasteiger partial charge in [-0.05, 0) is 6.42 Å². The summed E-state index contributed by atoms with van der Waals surface area (Å²) in [6.07, 6.45) is 1.56. The van der Waals surface area contributed by atoms with E-state index in [1.54, 1.807) is 0 Å². The highest BCUT2D eigenvalue weighted by atomic mass is 33.1. The molecule has 0 rings (SSSR count). The van der Waals surface area contributed by atoms with Crippen LogP contribution in [0.15, 0.2) is 0 Å². The maximum Gasteiger partial charge on any atom is 0.297 e. The van der Waals surface area contributed by atoms with Gasteiger partial charge in [0.2, 0.25) is 0 Å². The van der Waals surface area contributed by atoms with Crippen LogP contribution in [-0.2, 0) is 14.8 Å². The molecule has 0 fully saturated rings. The molecule has 11 heteroatoms. The molecule has 0 aliphatic rings. The SMILES string of the molecule is CCCCNS(=O)(=O)NP(=O)(SN)SN. The van der Waals surface area contributed by atoms with Gasteiger partial charge in [-0.2, -0.15) is 8.42 Å². The first-order chi connectivity index (χ1) is 6.89. The smallest absolute Gasteiger partial charge is 0.279 e. The molecule has 6 N–H and O–H groups in total. The fourth-order valence-electron chi connectivity index (χ4n) is 0.631. The highest BCUT2D eigenvalue weighted by molar-refractivity contribution is 8.89. The molecule has 92 valence electrons. The van der Waals surface area contributed by atoms with Crippen LogP contribution in [0.3, 0.4) is 0 Å². The largest absolute Gasteiger partial charge is 0.297 e. The Morgan fingerprint density at radius 3 is 2.27 bits per heavy atom. The Morgan fingerprint density at radius 2 is 1.87 bits per heavy atom. The lowest BCUT2D eigenvalue weighted by Crippen LogP contribution is -2.34. The summed E-state index contributed by atoms with van der Waals surface area (Å²) in [5, 5.41) is 10.2. The summed E-state index contributed by atoms with van der Waals surface area (Å²) in [5.41, 5.74) is -3.36. The molecule has 0 radical (unpaired) electrons. The zero-order valence-corrected chi connectivity index (χ0v) is 11.5. The van der Waals surface area contributed by atoms with Crippen molar-refractivity contribution in [1.82, 2.24) is 9.21 Å². The fourth-order valence-corrected chi connectivity index (χ4v) is 6.01. The molecule has 0 amide bonds. The molecule has 0 aliphatic heterocycles. The lowest BCUT2D eigenvalue weighted by Gasteiger charge is -2.13. The first-order valence-corrected chi connectivity index (χ1v) is 10.2. The van der Waals surface area contributed by atoms with Crippen LogP contribution in [0.25, 0.3) is 0 Å². The van der Waals surface area contributed by atoms with Crippen LogP contribution in [0, 0.1) is 0 Å². The van der Waals surface area contributed by atoms with Crippen LogP contribution in [0.4, 0.5) is 0 Å². The molecule has 0 aromatic rings.